The summed E-state index contributed by atoms with van der Waals surface area (Å²) in [7, 11) is -1.10. The Hall–Kier alpha value is -2.64. The number of nitrogens with zero attached hydrogens (tertiary/aromatic N) is 3. The maximum Gasteiger partial charge on any atom is 0.410 e. The maximum atomic E-state index is 12.7. The van der Waals surface area contributed by atoms with Crippen LogP contribution < -0.4 is 0 Å². The highest BCUT2D eigenvalue weighted by Gasteiger charge is 2.25. The number of rotatable bonds is 9. The van der Waals surface area contributed by atoms with Crippen molar-refractivity contribution in [2.24, 2.45) is 5.92 Å². The smallest absolute Gasteiger partial charge is 0.410 e. The van der Waals surface area contributed by atoms with Crippen molar-refractivity contribution in [1.82, 2.24) is 14.7 Å². The van der Waals surface area contributed by atoms with E-state index in [4.69, 9.17) is 9.47 Å². The Morgan fingerprint density at radius 3 is 2.74 bits per heavy atom. The van der Waals surface area contributed by atoms with Crippen LogP contribution >= 0.6 is 0 Å². The van der Waals surface area contributed by atoms with Gasteiger partial charge in [-0.05, 0) is 48.4 Å². The number of piperidine rings is 1. The summed E-state index contributed by atoms with van der Waals surface area (Å²) in [5.41, 5.74) is 3.41. The molecule has 1 atom stereocenters. The lowest BCUT2D eigenvalue weighted by Crippen LogP contribution is -2.40. The van der Waals surface area contributed by atoms with Crippen LogP contribution in [0.2, 0.25) is 25.7 Å². The predicted molar refractivity (Wildman–Crippen MR) is 138 cm³/mol. The second-order valence-electron chi connectivity index (χ2n) is 10.5. The summed E-state index contributed by atoms with van der Waals surface area (Å²) >= 11 is 0. The van der Waals surface area contributed by atoms with Gasteiger partial charge >= 0.3 is 6.09 Å². The Morgan fingerprint density at radius 2 is 1.94 bits per heavy atom. The number of hydrogen-bond acceptors (Lipinski definition) is 4. The normalized spacial score (nSPS) is 16.7. The van der Waals surface area contributed by atoms with Gasteiger partial charge in [0.25, 0.3) is 0 Å². The first-order chi connectivity index (χ1) is 16.4. The molecule has 1 saturated heterocycles. The number of amides is 1. The van der Waals surface area contributed by atoms with Gasteiger partial charge in [0, 0.05) is 33.2 Å². The first kappa shape index (κ1) is 24.5. The molecule has 2 heterocycles. The maximum absolute atomic E-state index is 12.7. The third-order valence-corrected chi connectivity index (χ3v) is 8.18. The molecule has 1 fully saturated rings. The fraction of sp³-hybridized carbons (Fsp3) is 0.481. The number of aromatic nitrogens is 2. The summed E-state index contributed by atoms with van der Waals surface area (Å²) in [5, 5.41) is 5.78. The minimum Gasteiger partial charge on any atom is -0.445 e. The Kier molecular flexibility index (Phi) is 8.06. The summed E-state index contributed by atoms with van der Waals surface area (Å²) in [6.45, 7) is 10.2. The summed E-state index contributed by atoms with van der Waals surface area (Å²) < 4.78 is 13.4. The molecule has 0 spiro atoms. The van der Waals surface area contributed by atoms with Crippen LogP contribution in [0.25, 0.3) is 10.9 Å². The lowest BCUT2D eigenvalue weighted by atomic mass is 9.90. The van der Waals surface area contributed by atoms with E-state index >= 15 is 0 Å². The first-order valence-electron chi connectivity index (χ1n) is 12.4. The molecular weight excluding hydrogens is 442 g/mol. The van der Waals surface area contributed by atoms with E-state index in [0.29, 0.717) is 19.3 Å². The fourth-order valence-electron chi connectivity index (χ4n) is 4.49. The van der Waals surface area contributed by atoms with Gasteiger partial charge in [0.15, 0.2) is 0 Å². The minimum atomic E-state index is -1.10. The Balaban J connectivity index is 1.33. The van der Waals surface area contributed by atoms with Crippen molar-refractivity contribution >= 4 is 25.1 Å². The average molecular weight is 480 g/mol. The van der Waals surface area contributed by atoms with Crippen molar-refractivity contribution in [3.63, 3.8) is 0 Å². The zero-order valence-electron chi connectivity index (χ0n) is 20.7. The first-order valence-corrected chi connectivity index (χ1v) is 16.1. The highest BCUT2D eigenvalue weighted by Crippen LogP contribution is 2.26. The van der Waals surface area contributed by atoms with Crippen LogP contribution in [0.1, 0.15) is 24.0 Å². The van der Waals surface area contributed by atoms with Gasteiger partial charge in [-0.25, -0.2) is 9.48 Å². The average Bonchev–Trinajstić information content (AvgIpc) is 3.25. The van der Waals surface area contributed by atoms with Crippen molar-refractivity contribution in [2.75, 3.05) is 19.7 Å². The quantitative estimate of drug-likeness (QED) is 0.281. The van der Waals surface area contributed by atoms with E-state index in [0.717, 1.165) is 56.1 Å². The number of carbonyl (C=O) groups excluding carboxylic acids is 1. The molecular formula is C27H37N3O3Si. The van der Waals surface area contributed by atoms with E-state index in [1.807, 2.05) is 46.1 Å². The van der Waals surface area contributed by atoms with Crippen molar-refractivity contribution in [3.05, 3.63) is 65.9 Å². The minimum absolute atomic E-state index is 0.213. The van der Waals surface area contributed by atoms with Gasteiger partial charge in [-0.1, -0.05) is 62.1 Å². The Morgan fingerprint density at radius 1 is 1.12 bits per heavy atom. The monoisotopic (exact) mass is 479 g/mol. The molecule has 7 heteroatoms. The van der Waals surface area contributed by atoms with Crippen molar-refractivity contribution in [2.45, 2.75) is 58.3 Å². The Bertz CT molecular complexity index is 1080. The Labute approximate surface area is 203 Å². The largest absolute Gasteiger partial charge is 0.445 e. The molecule has 34 heavy (non-hydrogen) atoms. The second-order valence-corrected chi connectivity index (χ2v) is 16.2. The molecule has 1 aliphatic rings. The number of carbonyl (C=O) groups is 1. The lowest BCUT2D eigenvalue weighted by molar-refractivity contribution is 0.0790. The molecule has 0 radical (unpaired) electrons. The van der Waals surface area contributed by atoms with Gasteiger partial charge in [0.05, 0.1) is 11.7 Å². The third kappa shape index (κ3) is 6.70. The van der Waals surface area contributed by atoms with E-state index in [1.165, 1.54) is 10.9 Å². The van der Waals surface area contributed by atoms with Crippen molar-refractivity contribution < 1.29 is 14.3 Å². The van der Waals surface area contributed by atoms with Crippen LogP contribution in [0.3, 0.4) is 0 Å². The number of likely N-dealkylation sites (tertiary alicyclic amines) is 1. The third-order valence-electron chi connectivity index (χ3n) is 6.48. The molecule has 2 aromatic carbocycles. The van der Waals surface area contributed by atoms with Gasteiger partial charge in [-0.3, -0.25) is 0 Å². The predicted octanol–water partition coefficient (Wildman–Crippen LogP) is 5.94. The second kappa shape index (κ2) is 11.2. The van der Waals surface area contributed by atoms with Crippen molar-refractivity contribution in [3.8, 4) is 0 Å². The van der Waals surface area contributed by atoms with E-state index in [9.17, 15) is 4.79 Å². The topological polar surface area (TPSA) is 56.6 Å². The SMILES string of the molecule is C[Si](C)(C)CCOCn1ncc2c(CC3CCCN(C(=O)OCc4ccccc4)C3)cccc21. The van der Waals surface area contributed by atoms with Crippen LogP contribution in [0.15, 0.2) is 54.7 Å². The molecule has 3 aromatic rings. The lowest BCUT2D eigenvalue weighted by Gasteiger charge is -2.32. The molecule has 1 aliphatic heterocycles. The molecule has 0 saturated carbocycles. The standard InChI is InChI=1S/C27H37N3O3Si/c1-34(2,3)16-15-32-21-30-26-13-7-12-24(25(26)18-28-30)17-23-11-8-14-29(19-23)27(31)33-20-22-9-5-4-6-10-22/h4-7,9-10,12-13,18,23H,8,11,14-17,19-21H2,1-3H3. The van der Waals surface area contributed by atoms with Crippen LogP contribution in [-0.4, -0.2) is 48.5 Å². The molecule has 0 N–H and O–H groups in total. The molecule has 6 nitrogen and oxygen atoms in total. The molecule has 1 amide bonds. The van der Waals surface area contributed by atoms with Crippen LogP contribution in [0.4, 0.5) is 4.79 Å². The highest BCUT2D eigenvalue weighted by atomic mass is 28.3. The van der Waals surface area contributed by atoms with Gasteiger partial charge in [-0.2, -0.15) is 5.10 Å². The molecule has 0 aliphatic carbocycles. The van der Waals surface area contributed by atoms with Gasteiger partial charge in [-0.15, -0.1) is 0 Å². The number of ether oxygens (including phenoxy) is 2. The number of hydrogen-bond donors (Lipinski definition) is 0. The molecule has 182 valence electrons. The molecule has 1 unspecified atom stereocenters. The summed E-state index contributed by atoms with van der Waals surface area (Å²) in [6, 6.07) is 17.4. The highest BCUT2D eigenvalue weighted by molar-refractivity contribution is 6.76. The van der Waals surface area contributed by atoms with E-state index in [2.05, 4.69) is 42.9 Å². The summed E-state index contributed by atoms with van der Waals surface area (Å²) in [5.74, 6) is 0.417. The van der Waals surface area contributed by atoms with Gasteiger partial charge < -0.3 is 14.4 Å². The summed E-state index contributed by atoms with van der Waals surface area (Å²) in [4.78, 5) is 14.5. The number of fused-ring (bicyclic) bond motifs is 1. The van der Waals surface area contributed by atoms with Crippen LogP contribution in [0, 0.1) is 5.92 Å². The van der Waals surface area contributed by atoms with Crippen LogP contribution in [0.5, 0.6) is 0 Å². The molecule has 4 rings (SSSR count). The zero-order chi connectivity index (χ0) is 24.0. The number of benzene rings is 2. The summed E-state index contributed by atoms with van der Waals surface area (Å²) in [6.07, 6.45) is 4.80. The fourth-order valence-corrected chi connectivity index (χ4v) is 5.25. The zero-order valence-corrected chi connectivity index (χ0v) is 21.7. The van der Waals surface area contributed by atoms with Gasteiger partial charge in [0.2, 0.25) is 0 Å². The molecule has 1 aromatic heterocycles. The van der Waals surface area contributed by atoms with E-state index in [-0.39, 0.29) is 6.09 Å². The van der Waals surface area contributed by atoms with E-state index < -0.39 is 8.07 Å². The van der Waals surface area contributed by atoms with Crippen LogP contribution in [-0.2, 0) is 29.2 Å². The van der Waals surface area contributed by atoms with E-state index in [1.54, 1.807) is 0 Å². The van der Waals surface area contributed by atoms with Gasteiger partial charge in [0.1, 0.15) is 13.3 Å². The van der Waals surface area contributed by atoms with Crippen molar-refractivity contribution in [1.29, 1.82) is 0 Å². The molecule has 0 bridgehead atoms.